The summed E-state index contributed by atoms with van der Waals surface area (Å²) in [5.41, 5.74) is 2.45. The second-order valence-corrected chi connectivity index (χ2v) is 6.63. The smallest absolute Gasteiger partial charge is 0.329 e. The first-order valence-corrected chi connectivity index (χ1v) is 9.54. The number of ether oxygens (including phenoxy) is 1. The minimum atomic E-state index is -0.944. The highest BCUT2D eigenvalue weighted by atomic mass is 35.5. The van der Waals surface area contributed by atoms with Crippen molar-refractivity contribution < 1.29 is 14.6 Å². The zero-order valence-corrected chi connectivity index (χ0v) is 16.4. The molecule has 0 radical (unpaired) electrons. The molecule has 0 aliphatic heterocycles. The topological polar surface area (TPSA) is 61.8 Å². The van der Waals surface area contributed by atoms with Gasteiger partial charge in [0.2, 0.25) is 0 Å². The van der Waals surface area contributed by atoms with Crippen LogP contribution in [0.25, 0.3) is 0 Å². The van der Waals surface area contributed by atoms with Gasteiger partial charge in [-0.3, -0.25) is 4.90 Å². The number of halogens is 1. The molecule has 146 valence electrons. The van der Waals surface area contributed by atoms with Gasteiger partial charge in [0.25, 0.3) is 0 Å². The highest BCUT2D eigenvalue weighted by Crippen LogP contribution is 2.29. The van der Waals surface area contributed by atoms with E-state index in [1.165, 1.54) is 11.1 Å². The van der Waals surface area contributed by atoms with Crippen LogP contribution in [0.3, 0.4) is 0 Å². The standard InChI is InChI=1S/C21H27ClN2O3/c1-2-24(14-12-23-13-15-27-16-20(25)26)21(17-6-4-3-5-7-17)18-8-10-19(22)11-9-18/h3-11,21,23H,2,12-16H2,1H3,(H,25,26). The predicted octanol–water partition coefficient (Wildman–Crippen LogP) is 3.44. The van der Waals surface area contributed by atoms with Gasteiger partial charge in [-0.05, 0) is 29.8 Å². The van der Waals surface area contributed by atoms with Crippen molar-refractivity contribution in [2.24, 2.45) is 0 Å². The summed E-state index contributed by atoms with van der Waals surface area (Å²) in [6.45, 7) is 5.47. The number of nitrogens with zero attached hydrogens (tertiary/aromatic N) is 1. The average Bonchev–Trinajstić information content (AvgIpc) is 2.68. The van der Waals surface area contributed by atoms with Gasteiger partial charge >= 0.3 is 5.97 Å². The Labute approximate surface area is 165 Å². The Bertz CT molecular complexity index is 680. The van der Waals surface area contributed by atoms with Gasteiger partial charge in [-0.2, -0.15) is 0 Å². The molecule has 2 aromatic rings. The molecule has 2 N–H and O–H groups in total. The van der Waals surface area contributed by atoms with Crippen LogP contribution in [0.4, 0.5) is 0 Å². The molecule has 2 rings (SSSR count). The predicted molar refractivity (Wildman–Crippen MR) is 108 cm³/mol. The number of aliphatic carboxylic acids is 1. The van der Waals surface area contributed by atoms with E-state index < -0.39 is 5.97 Å². The van der Waals surface area contributed by atoms with Crippen LogP contribution < -0.4 is 5.32 Å². The normalized spacial score (nSPS) is 12.3. The monoisotopic (exact) mass is 390 g/mol. The number of benzene rings is 2. The van der Waals surface area contributed by atoms with Crippen molar-refractivity contribution in [2.45, 2.75) is 13.0 Å². The highest BCUT2D eigenvalue weighted by molar-refractivity contribution is 6.30. The molecule has 0 spiro atoms. The van der Waals surface area contributed by atoms with Crippen LogP contribution in [0.15, 0.2) is 54.6 Å². The lowest BCUT2D eigenvalue weighted by Gasteiger charge is -2.32. The quantitative estimate of drug-likeness (QED) is 0.543. The molecule has 0 saturated carbocycles. The van der Waals surface area contributed by atoms with Gasteiger partial charge in [0.15, 0.2) is 0 Å². The summed E-state index contributed by atoms with van der Waals surface area (Å²) < 4.78 is 5.04. The Morgan fingerprint density at radius 1 is 1.11 bits per heavy atom. The minimum Gasteiger partial charge on any atom is -0.480 e. The zero-order valence-electron chi connectivity index (χ0n) is 15.6. The Morgan fingerprint density at radius 2 is 1.78 bits per heavy atom. The molecule has 1 unspecified atom stereocenters. The van der Waals surface area contributed by atoms with Crippen LogP contribution in [0.5, 0.6) is 0 Å². The summed E-state index contributed by atoms with van der Waals surface area (Å²) >= 11 is 6.07. The second kappa shape index (κ2) is 11.7. The van der Waals surface area contributed by atoms with Gasteiger partial charge in [-0.15, -0.1) is 0 Å². The van der Waals surface area contributed by atoms with Gasteiger partial charge in [-0.25, -0.2) is 4.79 Å². The van der Waals surface area contributed by atoms with E-state index >= 15 is 0 Å². The van der Waals surface area contributed by atoms with E-state index in [0.717, 1.165) is 24.7 Å². The molecule has 0 fully saturated rings. The maximum atomic E-state index is 10.4. The average molecular weight is 391 g/mol. The summed E-state index contributed by atoms with van der Waals surface area (Å²) in [4.78, 5) is 12.8. The molecule has 0 aromatic heterocycles. The third-order valence-corrected chi connectivity index (χ3v) is 4.55. The third-order valence-electron chi connectivity index (χ3n) is 4.30. The lowest BCUT2D eigenvalue weighted by atomic mass is 9.97. The summed E-state index contributed by atoms with van der Waals surface area (Å²) in [5.74, 6) is -0.944. The maximum Gasteiger partial charge on any atom is 0.329 e. The molecular weight excluding hydrogens is 364 g/mol. The lowest BCUT2D eigenvalue weighted by molar-refractivity contribution is -0.142. The Hall–Kier alpha value is -1.92. The summed E-state index contributed by atoms with van der Waals surface area (Å²) in [6.07, 6.45) is 0. The van der Waals surface area contributed by atoms with E-state index in [-0.39, 0.29) is 12.6 Å². The maximum absolute atomic E-state index is 10.4. The fraction of sp³-hybridized carbons (Fsp3) is 0.381. The Kier molecular flexibility index (Phi) is 9.28. The number of rotatable bonds is 12. The van der Waals surface area contributed by atoms with E-state index in [9.17, 15) is 4.79 Å². The molecule has 2 aromatic carbocycles. The van der Waals surface area contributed by atoms with Gasteiger partial charge in [-0.1, -0.05) is 61.0 Å². The molecule has 0 heterocycles. The fourth-order valence-corrected chi connectivity index (χ4v) is 3.14. The van der Waals surface area contributed by atoms with Crippen molar-refractivity contribution in [3.05, 3.63) is 70.7 Å². The van der Waals surface area contributed by atoms with Crippen LogP contribution >= 0.6 is 11.6 Å². The number of likely N-dealkylation sites (N-methyl/N-ethyl adjacent to an activating group) is 1. The third kappa shape index (κ3) is 7.31. The molecule has 0 bridgehead atoms. The number of carboxylic acids is 1. The van der Waals surface area contributed by atoms with Crippen LogP contribution in [0.1, 0.15) is 24.1 Å². The molecule has 1 atom stereocenters. The van der Waals surface area contributed by atoms with Gasteiger partial charge < -0.3 is 15.2 Å². The van der Waals surface area contributed by atoms with E-state index in [4.69, 9.17) is 21.4 Å². The second-order valence-electron chi connectivity index (χ2n) is 6.19. The van der Waals surface area contributed by atoms with Crippen molar-refractivity contribution >= 4 is 17.6 Å². The van der Waals surface area contributed by atoms with Gasteiger partial charge in [0.05, 0.1) is 12.6 Å². The number of carbonyl (C=O) groups is 1. The largest absolute Gasteiger partial charge is 0.480 e. The first-order valence-electron chi connectivity index (χ1n) is 9.16. The zero-order chi connectivity index (χ0) is 19.5. The van der Waals surface area contributed by atoms with Crippen molar-refractivity contribution in [2.75, 3.05) is 39.4 Å². The molecule has 27 heavy (non-hydrogen) atoms. The van der Waals surface area contributed by atoms with Crippen molar-refractivity contribution in [1.82, 2.24) is 10.2 Å². The number of nitrogens with one attached hydrogen (secondary N) is 1. The number of hydrogen-bond donors (Lipinski definition) is 2. The van der Waals surface area contributed by atoms with E-state index in [0.29, 0.717) is 13.2 Å². The Morgan fingerprint density at radius 3 is 2.41 bits per heavy atom. The number of carboxylic acid groups (broad SMARTS) is 1. The van der Waals surface area contributed by atoms with Gasteiger partial charge in [0.1, 0.15) is 6.61 Å². The Balaban J connectivity index is 1.98. The molecule has 0 aliphatic rings. The molecular formula is C21H27ClN2O3. The van der Waals surface area contributed by atoms with Crippen LogP contribution in [-0.2, 0) is 9.53 Å². The molecule has 0 aliphatic carbocycles. The molecule has 0 amide bonds. The summed E-state index contributed by atoms with van der Waals surface area (Å²) in [7, 11) is 0. The lowest BCUT2D eigenvalue weighted by Crippen LogP contribution is -2.36. The molecule has 0 saturated heterocycles. The van der Waals surface area contributed by atoms with Crippen molar-refractivity contribution in [1.29, 1.82) is 0 Å². The van der Waals surface area contributed by atoms with Crippen LogP contribution in [0.2, 0.25) is 5.02 Å². The van der Waals surface area contributed by atoms with Gasteiger partial charge in [0, 0.05) is 24.7 Å². The highest BCUT2D eigenvalue weighted by Gasteiger charge is 2.20. The van der Waals surface area contributed by atoms with Crippen molar-refractivity contribution in [3.8, 4) is 0 Å². The molecule has 5 nitrogen and oxygen atoms in total. The van der Waals surface area contributed by atoms with Crippen molar-refractivity contribution in [3.63, 3.8) is 0 Å². The fourth-order valence-electron chi connectivity index (χ4n) is 3.02. The SMILES string of the molecule is CCN(CCNCCOCC(=O)O)C(c1ccccc1)c1ccc(Cl)cc1. The van der Waals surface area contributed by atoms with E-state index in [1.807, 2.05) is 18.2 Å². The summed E-state index contributed by atoms with van der Waals surface area (Å²) in [5, 5.41) is 12.6. The van der Waals surface area contributed by atoms with E-state index in [2.05, 4.69) is 53.5 Å². The minimum absolute atomic E-state index is 0.151. The number of hydrogen-bond acceptors (Lipinski definition) is 4. The summed E-state index contributed by atoms with van der Waals surface area (Å²) in [6, 6.07) is 18.6. The first kappa shape index (κ1) is 21.4. The van der Waals surface area contributed by atoms with Crippen LogP contribution in [-0.4, -0.2) is 55.4 Å². The van der Waals surface area contributed by atoms with Crippen LogP contribution in [0, 0.1) is 0 Å². The molecule has 6 heteroatoms. The first-order chi connectivity index (χ1) is 13.1. The van der Waals surface area contributed by atoms with E-state index in [1.54, 1.807) is 0 Å².